The Balaban J connectivity index is 1.71. The number of nitrogens with one attached hydrogen (secondary N) is 1. The van der Waals surface area contributed by atoms with Crippen LogP contribution in [0.2, 0.25) is 0 Å². The molecule has 0 aliphatic carbocycles. The van der Waals surface area contributed by atoms with Crippen molar-refractivity contribution in [1.29, 1.82) is 0 Å². The second kappa shape index (κ2) is 6.57. The van der Waals surface area contributed by atoms with E-state index in [-0.39, 0.29) is 5.91 Å². The zero-order valence-corrected chi connectivity index (χ0v) is 13.4. The molecular weight excluding hydrogens is 280 g/mol. The van der Waals surface area contributed by atoms with E-state index < -0.39 is 0 Å². The molecule has 2 heterocycles. The van der Waals surface area contributed by atoms with Crippen LogP contribution in [0.4, 0.5) is 0 Å². The van der Waals surface area contributed by atoms with Gasteiger partial charge in [-0.3, -0.25) is 4.79 Å². The van der Waals surface area contributed by atoms with Gasteiger partial charge in [-0.15, -0.1) is 0 Å². The highest BCUT2D eigenvalue weighted by Crippen LogP contribution is 2.33. The van der Waals surface area contributed by atoms with Crippen LogP contribution in [0, 0.1) is 0 Å². The van der Waals surface area contributed by atoms with Gasteiger partial charge in [-0.25, -0.2) is 0 Å². The molecule has 3 rings (SSSR count). The van der Waals surface area contributed by atoms with Crippen molar-refractivity contribution in [2.24, 2.45) is 0 Å². The van der Waals surface area contributed by atoms with E-state index >= 15 is 0 Å². The minimum atomic E-state index is 0.250. The molecule has 120 valence electrons. The van der Waals surface area contributed by atoms with Gasteiger partial charge in [0.05, 0.1) is 14.2 Å². The second-order valence-corrected chi connectivity index (χ2v) is 6.04. The number of fused-ring (bicyclic) bond motifs is 1. The first-order valence-electron chi connectivity index (χ1n) is 7.96. The van der Waals surface area contributed by atoms with Crippen LogP contribution >= 0.6 is 0 Å². The van der Waals surface area contributed by atoms with Gasteiger partial charge in [0.1, 0.15) is 0 Å². The second-order valence-electron chi connectivity index (χ2n) is 6.04. The molecule has 22 heavy (non-hydrogen) atoms. The molecule has 1 amide bonds. The maximum atomic E-state index is 12.5. The number of carbonyl (C=O) groups is 1. The number of nitrogens with zero attached hydrogens (tertiary/aromatic N) is 1. The summed E-state index contributed by atoms with van der Waals surface area (Å²) in [5.41, 5.74) is 2.41. The summed E-state index contributed by atoms with van der Waals surface area (Å²) in [6, 6.07) is 4.40. The Bertz CT molecular complexity index is 553. The van der Waals surface area contributed by atoms with Crippen LogP contribution in [0.1, 0.15) is 30.4 Å². The first kappa shape index (κ1) is 15.2. The van der Waals surface area contributed by atoms with Gasteiger partial charge in [0.2, 0.25) is 5.91 Å². The minimum Gasteiger partial charge on any atom is -0.493 e. The van der Waals surface area contributed by atoms with E-state index in [0.717, 1.165) is 43.0 Å². The fourth-order valence-corrected chi connectivity index (χ4v) is 3.37. The third-order valence-electron chi connectivity index (χ3n) is 4.65. The Kier molecular flexibility index (Phi) is 4.52. The van der Waals surface area contributed by atoms with Gasteiger partial charge in [-0.2, -0.15) is 0 Å². The lowest BCUT2D eigenvalue weighted by Crippen LogP contribution is -2.39. The number of benzene rings is 1. The molecule has 1 N–H and O–H groups in total. The fourth-order valence-electron chi connectivity index (χ4n) is 3.37. The predicted molar refractivity (Wildman–Crippen MR) is 84.3 cm³/mol. The molecule has 2 aliphatic rings. The SMILES string of the molecule is COc1cc2c(cc1OC)CN(C(=O)CC1CCCN1)CC2. The molecule has 0 radical (unpaired) electrons. The molecule has 0 spiro atoms. The van der Waals surface area contributed by atoms with Crippen molar-refractivity contribution < 1.29 is 14.3 Å². The molecular formula is C17H24N2O3. The first-order valence-corrected chi connectivity index (χ1v) is 7.96. The van der Waals surface area contributed by atoms with Crippen molar-refractivity contribution >= 4 is 5.91 Å². The van der Waals surface area contributed by atoms with E-state index in [1.165, 1.54) is 12.0 Å². The molecule has 1 saturated heterocycles. The molecule has 2 aliphatic heterocycles. The van der Waals surface area contributed by atoms with Gasteiger partial charge >= 0.3 is 0 Å². The molecule has 1 atom stereocenters. The minimum absolute atomic E-state index is 0.250. The number of hydrogen-bond donors (Lipinski definition) is 1. The van der Waals surface area contributed by atoms with Crippen LogP contribution in [-0.2, 0) is 17.8 Å². The molecule has 1 aromatic rings. The van der Waals surface area contributed by atoms with Gasteiger partial charge < -0.3 is 19.7 Å². The maximum absolute atomic E-state index is 12.5. The Morgan fingerprint density at radius 2 is 2.00 bits per heavy atom. The summed E-state index contributed by atoms with van der Waals surface area (Å²) >= 11 is 0. The molecule has 1 aromatic carbocycles. The average molecular weight is 304 g/mol. The number of amides is 1. The van der Waals surface area contributed by atoms with E-state index in [1.807, 2.05) is 17.0 Å². The van der Waals surface area contributed by atoms with Crippen LogP contribution in [0.25, 0.3) is 0 Å². The monoisotopic (exact) mass is 304 g/mol. The zero-order chi connectivity index (χ0) is 15.5. The van der Waals surface area contributed by atoms with Crippen molar-refractivity contribution in [2.45, 2.75) is 38.3 Å². The number of ether oxygens (including phenoxy) is 2. The smallest absolute Gasteiger partial charge is 0.224 e. The molecule has 0 bridgehead atoms. The summed E-state index contributed by atoms with van der Waals surface area (Å²) in [6.45, 7) is 2.49. The molecule has 0 aromatic heterocycles. The molecule has 1 fully saturated rings. The average Bonchev–Trinajstić information content (AvgIpc) is 3.05. The van der Waals surface area contributed by atoms with Crippen molar-refractivity contribution in [1.82, 2.24) is 10.2 Å². The lowest BCUT2D eigenvalue weighted by molar-refractivity contribution is -0.132. The van der Waals surface area contributed by atoms with E-state index in [1.54, 1.807) is 14.2 Å². The summed E-state index contributed by atoms with van der Waals surface area (Å²) in [6.07, 6.45) is 3.78. The van der Waals surface area contributed by atoms with Crippen LogP contribution in [-0.4, -0.2) is 44.2 Å². The molecule has 0 saturated carbocycles. The van der Waals surface area contributed by atoms with E-state index in [4.69, 9.17) is 9.47 Å². The number of hydrogen-bond acceptors (Lipinski definition) is 4. The van der Waals surface area contributed by atoms with Crippen LogP contribution in [0.5, 0.6) is 11.5 Å². The number of methoxy groups -OCH3 is 2. The highest BCUT2D eigenvalue weighted by Gasteiger charge is 2.25. The van der Waals surface area contributed by atoms with E-state index in [9.17, 15) is 4.79 Å². The molecule has 5 nitrogen and oxygen atoms in total. The lowest BCUT2D eigenvalue weighted by atomic mass is 9.98. The largest absolute Gasteiger partial charge is 0.493 e. The van der Waals surface area contributed by atoms with Gasteiger partial charge in [0.15, 0.2) is 11.5 Å². The van der Waals surface area contributed by atoms with Crippen LogP contribution < -0.4 is 14.8 Å². The predicted octanol–water partition coefficient (Wildman–Crippen LogP) is 1.73. The normalized spacial score (nSPS) is 20.6. The third kappa shape index (κ3) is 3.04. The summed E-state index contributed by atoms with van der Waals surface area (Å²) in [5.74, 6) is 1.74. The molecule has 1 unspecified atom stereocenters. The van der Waals surface area contributed by atoms with Crippen molar-refractivity contribution in [2.75, 3.05) is 27.3 Å². The van der Waals surface area contributed by atoms with Crippen molar-refractivity contribution in [3.8, 4) is 11.5 Å². The van der Waals surface area contributed by atoms with Gasteiger partial charge in [-0.05, 0) is 49.1 Å². The van der Waals surface area contributed by atoms with Gasteiger partial charge in [0, 0.05) is 25.6 Å². The Labute approximate surface area is 131 Å². The third-order valence-corrected chi connectivity index (χ3v) is 4.65. The van der Waals surface area contributed by atoms with Crippen molar-refractivity contribution in [3.63, 3.8) is 0 Å². The van der Waals surface area contributed by atoms with E-state index in [2.05, 4.69) is 5.32 Å². The summed E-state index contributed by atoms with van der Waals surface area (Å²) in [5, 5.41) is 3.40. The number of rotatable bonds is 4. The quantitative estimate of drug-likeness (QED) is 0.920. The maximum Gasteiger partial charge on any atom is 0.224 e. The molecule has 5 heteroatoms. The highest BCUT2D eigenvalue weighted by molar-refractivity contribution is 5.77. The van der Waals surface area contributed by atoms with E-state index in [0.29, 0.717) is 19.0 Å². The topological polar surface area (TPSA) is 50.8 Å². The first-order chi connectivity index (χ1) is 10.7. The zero-order valence-electron chi connectivity index (χ0n) is 13.4. The van der Waals surface area contributed by atoms with Crippen LogP contribution in [0.3, 0.4) is 0 Å². The Morgan fingerprint density at radius 3 is 2.64 bits per heavy atom. The Hall–Kier alpha value is -1.75. The number of carbonyl (C=O) groups excluding carboxylic acids is 1. The fraction of sp³-hybridized carbons (Fsp3) is 0.588. The standard InChI is InChI=1S/C17H24N2O3/c1-21-15-8-12-5-7-19(11-13(12)9-16(15)22-2)17(20)10-14-4-3-6-18-14/h8-9,14,18H,3-7,10-11H2,1-2H3. The van der Waals surface area contributed by atoms with Crippen LogP contribution in [0.15, 0.2) is 12.1 Å². The summed E-state index contributed by atoms with van der Waals surface area (Å²) in [4.78, 5) is 14.4. The highest BCUT2D eigenvalue weighted by atomic mass is 16.5. The van der Waals surface area contributed by atoms with Crippen molar-refractivity contribution in [3.05, 3.63) is 23.3 Å². The van der Waals surface area contributed by atoms with Gasteiger partial charge in [-0.1, -0.05) is 0 Å². The Morgan fingerprint density at radius 1 is 1.27 bits per heavy atom. The summed E-state index contributed by atoms with van der Waals surface area (Å²) in [7, 11) is 3.29. The van der Waals surface area contributed by atoms with Gasteiger partial charge in [0.25, 0.3) is 0 Å². The lowest BCUT2D eigenvalue weighted by Gasteiger charge is -2.30. The summed E-state index contributed by atoms with van der Waals surface area (Å²) < 4.78 is 10.7.